The van der Waals surface area contributed by atoms with Gasteiger partial charge in [0.15, 0.2) is 0 Å². The lowest BCUT2D eigenvalue weighted by molar-refractivity contribution is -0.122. The van der Waals surface area contributed by atoms with Crippen molar-refractivity contribution < 1.29 is 9.90 Å². The van der Waals surface area contributed by atoms with E-state index in [9.17, 15) is 9.59 Å². The Morgan fingerprint density at radius 1 is 1.45 bits per heavy atom. The predicted octanol–water partition coefficient (Wildman–Crippen LogP) is 0.284. The predicted molar refractivity (Wildman–Crippen MR) is 75.3 cm³/mol. The minimum atomic E-state index is -0.283. The average Bonchev–Trinajstić information content (AvgIpc) is 2.46. The third-order valence-electron chi connectivity index (χ3n) is 2.99. The molecule has 0 aliphatic carbocycles. The van der Waals surface area contributed by atoms with Crippen molar-refractivity contribution in [3.05, 3.63) is 40.9 Å². The molecule has 0 radical (unpaired) electrons. The van der Waals surface area contributed by atoms with Crippen LogP contribution in [-0.2, 0) is 11.3 Å². The Labute approximate surface area is 116 Å². The van der Waals surface area contributed by atoms with Crippen LogP contribution >= 0.6 is 0 Å². The fourth-order valence-corrected chi connectivity index (χ4v) is 1.88. The van der Waals surface area contributed by atoms with E-state index in [-0.39, 0.29) is 37.1 Å². The minimum Gasteiger partial charge on any atom is -0.394 e. The lowest BCUT2D eigenvalue weighted by Crippen LogP contribution is -2.36. The highest BCUT2D eigenvalue weighted by atomic mass is 16.3. The zero-order valence-electron chi connectivity index (χ0n) is 11.2. The minimum absolute atomic E-state index is 0.108. The van der Waals surface area contributed by atoms with E-state index >= 15 is 0 Å². The highest BCUT2D eigenvalue weighted by Crippen LogP contribution is 2.04. The fourth-order valence-electron chi connectivity index (χ4n) is 1.88. The van der Waals surface area contributed by atoms with Crippen LogP contribution < -0.4 is 10.9 Å². The summed E-state index contributed by atoms with van der Waals surface area (Å²) in [5, 5.41) is 12.0. The van der Waals surface area contributed by atoms with Gasteiger partial charge in [0.1, 0.15) is 0 Å². The number of carbonyl (C=O) groups excluding carboxylic acids is 1. The van der Waals surface area contributed by atoms with E-state index in [1.54, 1.807) is 25.1 Å². The molecule has 1 unspecified atom stereocenters. The van der Waals surface area contributed by atoms with E-state index in [0.717, 1.165) is 0 Å². The van der Waals surface area contributed by atoms with Crippen molar-refractivity contribution in [2.45, 2.75) is 25.9 Å². The number of para-hydroxylation sites is 1. The van der Waals surface area contributed by atoms with Gasteiger partial charge >= 0.3 is 0 Å². The molecule has 0 aliphatic heterocycles. The molecular weight excluding hydrogens is 258 g/mol. The zero-order chi connectivity index (χ0) is 14.5. The van der Waals surface area contributed by atoms with E-state index < -0.39 is 0 Å². The lowest BCUT2D eigenvalue weighted by atomic mass is 10.2. The van der Waals surface area contributed by atoms with Crippen LogP contribution in [0.1, 0.15) is 13.3 Å². The SMILES string of the molecule is CC(CO)NC(=O)CCn1cnc2ccccc2c1=O. The third kappa shape index (κ3) is 3.21. The van der Waals surface area contributed by atoms with Crippen LogP contribution in [0.25, 0.3) is 10.9 Å². The molecule has 0 fully saturated rings. The molecule has 6 heteroatoms. The molecule has 0 saturated carbocycles. The summed E-state index contributed by atoms with van der Waals surface area (Å²) in [4.78, 5) is 28.0. The lowest BCUT2D eigenvalue weighted by Gasteiger charge is -2.11. The second kappa shape index (κ2) is 6.29. The summed E-state index contributed by atoms with van der Waals surface area (Å²) in [6.07, 6.45) is 1.62. The summed E-state index contributed by atoms with van der Waals surface area (Å²) in [7, 11) is 0. The Bertz CT molecular complexity index is 666. The molecule has 2 N–H and O–H groups in total. The van der Waals surface area contributed by atoms with Gasteiger partial charge in [-0.15, -0.1) is 0 Å². The maximum Gasteiger partial charge on any atom is 0.261 e. The number of rotatable bonds is 5. The normalized spacial score (nSPS) is 12.3. The van der Waals surface area contributed by atoms with Crippen molar-refractivity contribution in [3.63, 3.8) is 0 Å². The third-order valence-corrected chi connectivity index (χ3v) is 2.99. The maximum atomic E-state index is 12.2. The van der Waals surface area contributed by atoms with Crippen molar-refractivity contribution >= 4 is 16.8 Å². The summed E-state index contributed by atoms with van der Waals surface area (Å²) < 4.78 is 1.42. The first-order valence-corrected chi connectivity index (χ1v) is 6.46. The summed E-state index contributed by atoms with van der Waals surface area (Å²) in [5.74, 6) is -0.202. The van der Waals surface area contributed by atoms with Crippen LogP contribution in [0.4, 0.5) is 0 Å². The molecule has 1 heterocycles. The molecule has 0 aliphatic rings. The molecule has 1 aromatic heterocycles. The van der Waals surface area contributed by atoms with Gasteiger partial charge in [0, 0.05) is 19.0 Å². The standard InChI is InChI=1S/C14H17N3O3/c1-10(8-18)16-13(19)6-7-17-9-15-12-5-3-2-4-11(12)14(17)20/h2-5,9-10,18H,6-8H2,1H3,(H,16,19). The largest absolute Gasteiger partial charge is 0.394 e. The number of benzene rings is 1. The van der Waals surface area contributed by atoms with E-state index in [2.05, 4.69) is 10.3 Å². The number of aryl methyl sites for hydroxylation is 1. The van der Waals surface area contributed by atoms with Gasteiger partial charge in [-0.2, -0.15) is 0 Å². The average molecular weight is 275 g/mol. The number of nitrogens with zero attached hydrogens (tertiary/aromatic N) is 2. The van der Waals surface area contributed by atoms with Crippen LogP contribution in [0.5, 0.6) is 0 Å². The van der Waals surface area contributed by atoms with Gasteiger partial charge in [-0.3, -0.25) is 14.2 Å². The molecule has 6 nitrogen and oxygen atoms in total. The quantitative estimate of drug-likeness (QED) is 0.821. The molecule has 0 spiro atoms. The van der Waals surface area contributed by atoms with E-state index in [4.69, 9.17) is 5.11 Å². The molecule has 20 heavy (non-hydrogen) atoms. The number of aromatic nitrogens is 2. The first-order valence-electron chi connectivity index (χ1n) is 6.46. The highest BCUT2D eigenvalue weighted by Gasteiger charge is 2.08. The monoisotopic (exact) mass is 275 g/mol. The second-order valence-electron chi connectivity index (χ2n) is 4.66. The van der Waals surface area contributed by atoms with Gasteiger partial charge in [0.25, 0.3) is 5.56 Å². The first-order chi connectivity index (χ1) is 9.61. The van der Waals surface area contributed by atoms with Crippen LogP contribution in [0, 0.1) is 0 Å². The molecule has 0 saturated heterocycles. The van der Waals surface area contributed by atoms with Crippen LogP contribution in [0.2, 0.25) is 0 Å². The van der Waals surface area contributed by atoms with E-state index in [1.165, 1.54) is 10.9 Å². The topological polar surface area (TPSA) is 84.2 Å². The van der Waals surface area contributed by atoms with Crippen molar-refractivity contribution in [2.75, 3.05) is 6.61 Å². The number of aliphatic hydroxyl groups excluding tert-OH is 1. The van der Waals surface area contributed by atoms with Gasteiger partial charge in [0.05, 0.1) is 23.8 Å². The Morgan fingerprint density at radius 2 is 2.20 bits per heavy atom. The Balaban J connectivity index is 2.09. The molecule has 106 valence electrons. The fraction of sp³-hybridized carbons (Fsp3) is 0.357. The number of amides is 1. The van der Waals surface area contributed by atoms with Crippen LogP contribution in [0.3, 0.4) is 0 Å². The van der Waals surface area contributed by atoms with Crippen molar-refractivity contribution in [3.8, 4) is 0 Å². The van der Waals surface area contributed by atoms with Gasteiger partial charge in [-0.25, -0.2) is 4.98 Å². The Hall–Kier alpha value is -2.21. The van der Waals surface area contributed by atoms with Gasteiger partial charge in [-0.05, 0) is 19.1 Å². The number of nitrogens with one attached hydrogen (secondary N) is 1. The number of aliphatic hydroxyl groups is 1. The maximum absolute atomic E-state index is 12.2. The summed E-state index contributed by atoms with van der Waals surface area (Å²) in [6.45, 7) is 1.87. The summed E-state index contributed by atoms with van der Waals surface area (Å²) in [5.41, 5.74) is 0.491. The van der Waals surface area contributed by atoms with E-state index in [0.29, 0.717) is 10.9 Å². The van der Waals surface area contributed by atoms with Crippen molar-refractivity contribution in [1.82, 2.24) is 14.9 Å². The molecule has 0 bridgehead atoms. The molecule has 1 amide bonds. The molecular formula is C14H17N3O3. The molecule has 1 atom stereocenters. The van der Waals surface area contributed by atoms with Crippen LogP contribution in [-0.4, -0.2) is 33.2 Å². The number of fused-ring (bicyclic) bond motifs is 1. The first kappa shape index (κ1) is 14.2. The summed E-state index contributed by atoms with van der Waals surface area (Å²) >= 11 is 0. The number of hydrogen-bond acceptors (Lipinski definition) is 4. The number of hydrogen-bond donors (Lipinski definition) is 2. The van der Waals surface area contributed by atoms with Gasteiger partial charge < -0.3 is 10.4 Å². The number of carbonyl (C=O) groups is 1. The Morgan fingerprint density at radius 3 is 2.95 bits per heavy atom. The van der Waals surface area contributed by atoms with Gasteiger partial charge in [-0.1, -0.05) is 12.1 Å². The van der Waals surface area contributed by atoms with Crippen molar-refractivity contribution in [1.29, 1.82) is 0 Å². The van der Waals surface area contributed by atoms with Crippen LogP contribution in [0.15, 0.2) is 35.4 Å². The van der Waals surface area contributed by atoms with E-state index in [1.807, 2.05) is 6.07 Å². The molecule has 1 aromatic carbocycles. The molecule has 2 aromatic rings. The van der Waals surface area contributed by atoms with Crippen molar-refractivity contribution in [2.24, 2.45) is 0 Å². The molecule has 2 rings (SSSR count). The summed E-state index contributed by atoms with van der Waals surface area (Å²) in [6, 6.07) is 6.81. The second-order valence-corrected chi connectivity index (χ2v) is 4.66. The Kier molecular flexibility index (Phi) is 4.47. The smallest absolute Gasteiger partial charge is 0.261 e. The van der Waals surface area contributed by atoms with Gasteiger partial charge in [0.2, 0.25) is 5.91 Å². The zero-order valence-corrected chi connectivity index (χ0v) is 11.2. The highest BCUT2D eigenvalue weighted by molar-refractivity contribution is 5.77.